The molecule has 4 aromatic rings. The minimum Gasteiger partial charge on any atom is -0.258 e. The van der Waals surface area contributed by atoms with E-state index in [2.05, 4.69) is 31.9 Å². The van der Waals surface area contributed by atoms with Crippen LogP contribution in [-0.4, -0.2) is 9.78 Å². The monoisotopic (exact) mass is 552 g/mol. The molecule has 0 unspecified atom stereocenters. The number of benzene rings is 3. The molecule has 3 aromatic carbocycles. The Morgan fingerprint density at radius 2 is 1.41 bits per heavy atom. The Morgan fingerprint density at radius 1 is 0.828 bits per heavy atom. The van der Waals surface area contributed by atoms with Crippen molar-refractivity contribution in [3.05, 3.63) is 97.1 Å². The third-order valence-corrected chi connectivity index (χ3v) is 6.27. The van der Waals surface area contributed by atoms with Crippen molar-refractivity contribution in [2.24, 2.45) is 0 Å². The van der Waals surface area contributed by atoms with Gasteiger partial charge in [0.25, 0.3) is 0 Å². The van der Waals surface area contributed by atoms with E-state index in [1.54, 1.807) is 16.8 Å². The number of hydrogen-bond donors (Lipinski definition) is 0. The molecular formula is C22H13Br2Cl2FN2. The molecule has 146 valence electrons. The molecule has 0 atom stereocenters. The van der Waals surface area contributed by atoms with Crippen LogP contribution in [0.4, 0.5) is 4.39 Å². The summed E-state index contributed by atoms with van der Waals surface area (Å²) >= 11 is 19.9. The first-order valence-electron chi connectivity index (χ1n) is 8.65. The van der Waals surface area contributed by atoms with E-state index in [0.717, 1.165) is 20.1 Å². The Kier molecular flexibility index (Phi) is 6.11. The molecule has 0 bridgehead atoms. The summed E-state index contributed by atoms with van der Waals surface area (Å²) in [6, 6.07) is 20.1. The molecule has 0 aliphatic carbocycles. The van der Waals surface area contributed by atoms with Crippen molar-refractivity contribution in [1.29, 1.82) is 0 Å². The molecule has 4 rings (SSSR count). The van der Waals surface area contributed by atoms with Crippen LogP contribution >= 0.6 is 55.1 Å². The molecule has 1 heterocycles. The third-order valence-electron chi connectivity index (χ3n) is 4.50. The number of hydrogen-bond acceptors (Lipinski definition) is 1. The van der Waals surface area contributed by atoms with E-state index in [1.807, 2.05) is 48.5 Å². The van der Waals surface area contributed by atoms with Gasteiger partial charge >= 0.3 is 0 Å². The lowest BCUT2D eigenvalue weighted by Gasteiger charge is -2.10. The topological polar surface area (TPSA) is 17.8 Å². The molecule has 0 amide bonds. The average Bonchev–Trinajstić information content (AvgIpc) is 3.02. The largest absolute Gasteiger partial charge is 0.258 e. The lowest BCUT2D eigenvalue weighted by Crippen LogP contribution is -2.06. The van der Waals surface area contributed by atoms with Gasteiger partial charge in [-0.25, -0.2) is 4.39 Å². The SMILES string of the molecule is Fc1cccc(Cl)c1Cn1nc(-c2ccc(Br)cc2)c(Cl)c1-c1ccc(Br)cc1. The summed E-state index contributed by atoms with van der Waals surface area (Å²) in [5.41, 5.74) is 3.45. The summed E-state index contributed by atoms with van der Waals surface area (Å²) in [5.74, 6) is -0.379. The molecule has 7 heteroatoms. The zero-order valence-electron chi connectivity index (χ0n) is 14.8. The highest BCUT2D eigenvalue weighted by Crippen LogP contribution is 2.38. The molecule has 0 saturated heterocycles. The van der Waals surface area contributed by atoms with Crippen LogP contribution in [0.25, 0.3) is 22.5 Å². The molecule has 2 nitrogen and oxygen atoms in total. The summed E-state index contributed by atoms with van der Waals surface area (Å²) < 4.78 is 18.0. The molecule has 0 radical (unpaired) electrons. The molecule has 0 saturated carbocycles. The number of rotatable bonds is 4. The highest BCUT2D eigenvalue weighted by atomic mass is 79.9. The van der Waals surface area contributed by atoms with Gasteiger partial charge in [-0.05, 0) is 36.4 Å². The Balaban J connectivity index is 1.89. The van der Waals surface area contributed by atoms with Crippen molar-refractivity contribution < 1.29 is 4.39 Å². The van der Waals surface area contributed by atoms with Crippen LogP contribution in [0.3, 0.4) is 0 Å². The first kappa shape index (κ1) is 20.6. The van der Waals surface area contributed by atoms with Gasteiger partial charge in [0.15, 0.2) is 0 Å². The van der Waals surface area contributed by atoms with Gasteiger partial charge in [0.05, 0.1) is 17.3 Å². The summed E-state index contributed by atoms with van der Waals surface area (Å²) in [4.78, 5) is 0. The minimum atomic E-state index is -0.379. The summed E-state index contributed by atoms with van der Waals surface area (Å²) in [7, 11) is 0. The number of halogens is 5. The van der Waals surface area contributed by atoms with Crippen LogP contribution in [0.5, 0.6) is 0 Å². The Morgan fingerprint density at radius 3 is 2.00 bits per heavy atom. The van der Waals surface area contributed by atoms with Crippen LogP contribution in [-0.2, 0) is 6.54 Å². The second-order valence-electron chi connectivity index (χ2n) is 6.38. The fourth-order valence-corrected chi connectivity index (χ4v) is 4.17. The van der Waals surface area contributed by atoms with Gasteiger partial charge in [-0.2, -0.15) is 5.10 Å². The molecule has 0 spiro atoms. The van der Waals surface area contributed by atoms with E-state index >= 15 is 0 Å². The van der Waals surface area contributed by atoms with Gasteiger partial charge in [-0.1, -0.05) is 85.4 Å². The highest BCUT2D eigenvalue weighted by molar-refractivity contribution is 9.10. The quantitative estimate of drug-likeness (QED) is 0.248. The Labute approximate surface area is 194 Å². The zero-order valence-corrected chi connectivity index (χ0v) is 19.5. The van der Waals surface area contributed by atoms with Gasteiger partial charge in [-0.15, -0.1) is 0 Å². The van der Waals surface area contributed by atoms with Crippen LogP contribution in [0.15, 0.2) is 75.7 Å². The van der Waals surface area contributed by atoms with Gasteiger partial charge in [0, 0.05) is 30.7 Å². The van der Waals surface area contributed by atoms with E-state index in [0.29, 0.717) is 27.0 Å². The standard InChI is InChI=1S/C22H13Br2Cl2FN2/c23-15-8-4-13(5-9-15)21-20(26)22(14-6-10-16(24)11-7-14)29(28-21)12-17-18(25)2-1-3-19(17)27/h1-11H,12H2. The first-order chi connectivity index (χ1) is 13.9. The predicted molar refractivity (Wildman–Crippen MR) is 124 cm³/mol. The maximum absolute atomic E-state index is 14.4. The number of nitrogens with zero attached hydrogens (tertiary/aromatic N) is 2. The molecular weight excluding hydrogens is 542 g/mol. The van der Waals surface area contributed by atoms with Crippen LogP contribution < -0.4 is 0 Å². The molecule has 29 heavy (non-hydrogen) atoms. The summed E-state index contributed by atoms with van der Waals surface area (Å²) in [5, 5.41) is 5.57. The zero-order chi connectivity index (χ0) is 20.5. The van der Waals surface area contributed by atoms with Crippen LogP contribution in [0.2, 0.25) is 10.0 Å². The van der Waals surface area contributed by atoms with E-state index in [-0.39, 0.29) is 12.4 Å². The highest BCUT2D eigenvalue weighted by Gasteiger charge is 2.21. The minimum absolute atomic E-state index is 0.160. The smallest absolute Gasteiger partial charge is 0.129 e. The van der Waals surface area contributed by atoms with Gasteiger partial charge in [0.2, 0.25) is 0 Å². The Hall–Kier alpha value is -1.66. The second-order valence-corrected chi connectivity index (χ2v) is 9.00. The fourth-order valence-electron chi connectivity index (χ4n) is 3.06. The van der Waals surface area contributed by atoms with Crippen molar-refractivity contribution in [2.75, 3.05) is 0 Å². The van der Waals surface area contributed by atoms with E-state index in [9.17, 15) is 4.39 Å². The lowest BCUT2D eigenvalue weighted by atomic mass is 10.1. The predicted octanol–water partition coefficient (Wildman–Crippen LogP) is 8.24. The van der Waals surface area contributed by atoms with E-state index in [4.69, 9.17) is 28.3 Å². The third kappa shape index (κ3) is 4.29. The summed E-state index contributed by atoms with van der Waals surface area (Å²) in [6.07, 6.45) is 0. The van der Waals surface area contributed by atoms with Crippen molar-refractivity contribution >= 4 is 55.1 Å². The van der Waals surface area contributed by atoms with Crippen molar-refractivity contribution in [3.63, 3.8) is 0 Å². The van der Waals surface area contributed by atoms with Crippen molar-refractivity contribution in [1.82, 2.24) is 9.78 Å². The maximum Gasteiger partial charge on any atom is 0.129 e. The molecule has 0 N–H and O–H groups in total. The first-order valence-corrected chi connectivity index (χ1v) is 11.0. The molecule has 0 aliphatic rings. The van der Waals surface area contributed by atoms with E-state index in [1.165, 1.54) is 6.07 Å². The Bertz CT molecular complexity index is 1150. The maximum atomic E-state index is 14.4. The fraction of sp³-hybridized carbons (Fsp3) is 0.0455. The second kappa shape index (κ2) is 8.60. The van der Waals surface area contributed by atoms with Gasteiger partial charge < -0.3 is 0 Å². The average molecular weight is 555 g/mol. The van der Waals surface area contributed by atoms with Crippen molar-refractivity contribution in [3.8, 4) is 22.5 Å². The molecule has 0 aliphatic heterocycles. The van der Waals surface area contributed by atoms with Gasteiger partial charge in [-0.3, -0.25) is 4.68 Å². The van der Waals surface area contributed by atoms with E-state index < -0.39 is 0 Å². The molecule has 1 aromatic heterocycles. The van der Waals surface area contributed by atoms with Crippen LogP contribution in [0.1, 0.15) is 5.56 Å². The van der Waals surface area contributed by atoms with Crippen LogP contribution in [0, 0.1) is 5.82 Å². The number of aromatic nitrogens is 2. The lowest BCUT2D eigenvalue weighted by molar-refractivity contribution is 0.587. The molecule has 0 fully saturated rings. The van der Waals surface area contributed by atoms with Gasteiger partial charge in [0.1, 0.15) is 11.5 Å². The van der Waals surface area contributed by atoms with Crippen molar-refractivity contribution in [2.45, 2.75) is 6.54 Å². The summed E-state index contributed by atoms with van der Waals surface area (Å²) in [6.45, 7) is 0.160. The normalized spacial score (nSPS) is 11.1.